The highest BCUT2D eigenvalue weighted by atomic mass is 19.1. The minimum absolute atomic E-state index is 0.142. The molecule has 0 atom stereocenters. The Hall–Kier alpha value is -1.18. The van der Waals surface area contributed by atoms with E-state index < -0.39 is 0 Å². The van der Waals surface area contributed by atoms with E-state index >= 15 is 0 Å². The van der Waals surface area contributed by atoms with Gasteiger partial charge in [0.1, 0.15) is 5.82 Å². The number of carbonyl (C=O) groups excluding carboxylic acids is 1. The molecule has 19 heavy (non-hydrogen) atoms. The molecule has 0 spiro atoms. The minimum Gasteiger partial charge on any atom is -0.294 e. The molecule has 0 saturated heterocycles. The molecule has 1 saturated carbocycles. The molecule has 0 aromatic heterocycles. The van der Waals surface area contributed by atoms with Gasteiger partial charge in [0.05, 0.1) is 0 Å². The van der Waals surface area contributed by atoms with Crippen molar-refractivity contribution in [2.24, 2.45) is 5.92 Å². The Labute approximate surface area is 115 Å². The Bertz CT molecular complexity index is 433. The Balaban J connectivity index is 2.22. The Morgan fingerprint density at radius 3 is 2.00 bits per heavy atom. The summed E-state index contributed by atoms with van der Waals surface area (Å²) in [6, 6.07) is 2.95. The number of benzene rings is 1. The van der Waals surface area contributed by atoms with Gasteiger partial charge < -0.3 is 0 Å². The lowest BCUT2D eigenvalue weighted by Crippen LogP contribution is -2.18. The summed E-state index contributed by atoms with van der Waals surface area (Å²) in [6.45, 7) is 3.68. The van der Waals surface area contributed by atoms with Crippen LogP contribution in [0.2, 0.25) is 0 Å². The Morgan fingerprint density at radius 1 is 1.00 bits per heavy atom. The summed E-state index contributed by atoms with van der Waals surface area (Å²) in [7, 11) is 0. The molecule has 0 amide bonds. The van der Waals surface area contributed by atoms with E-state index in [0.29, 0.717) is 0 Å². The maximum atomic E-state index is 13.3. The van der Waals surface area contributed by atoms with Crippen molar-refractivity contribution in [3.63, 3.8) is 0 Å². The normalized spacial score (nSPS) is 17.8. The van der Waals surface area contributed by atoms with Gasteiger partial charge in [0.25, 0.3) is 0 Å². The average molecular weight is 262 g/mol. The van der Waals surface area contributed by atoms with Crippen molar-refractivity contribution in [1.82, 2.24) is 0 Å². The fraction of sp³-hybridized carbons (Fsp3) is 0.588. The Kier molecular flexibility index (Phi) is 4.73. The van der Waals surface area contributed by atoms with Crippen LogP contribution in [0.25, 0.3) is 0 Å². The molecule has 1 aromatic carbocycles. The van der Waals surface area contributed by atoms with Crippen LogP contribution in [0.5, 0.6) is 0 Å². The van der Waals surface area contributed by atoms with Crippen LogP contribution in [-0.2, 0) is 0 Å². The lowest BCUT2D eigenvalue weighted by molar-refractivity contribution is 0.0897. The number of hydrogen-bond donors (Lipinski definition) is 0. The van der Waals surface area contributed by atoms with Gasteiger partial charge >= 0.3 is 0 Å². The molecule has 2 rings (SSSR count). The second kappa shape index (κ2) is 6.31. The van der Waals surface area contributed by atoms with Crippen molar-refractivity contribution in [3.05, 3.63) is 34.6 Å². The quantitative estimate of drug-likeness (QED) is 0.686. The van der Waals surface area contributed by atoms with E-state index in [0.717, 1.165) is 42.4 Å². The van der Waals surface area contributed by atoms with Crippen molar-refractivity contribution in [1.29, 1.82) is 0 Å². The van der Waals surface area contributed by atoms with Gasteiger partial charge in [0.2, 0.25) is 0 Å². The third-order valence-electron chi connectivity index (χ3n) is 4.22. The van der Waals surface area contributed by atoms with Crippen LogP contribution in [0.4, 0.5) is 4.39 Å². The first-order valence-electron chi connectivity index (χ1n) is 7.40. The van der Waals surface area contributed by atoms with Gasteiger partial charge in [-0.05, 0) is 49.9 Å². The van der Waals surface area contributed by atoms with Crippen LogP contribution in [0.15, 0.2) is 12.1 Å². The van der Waals surface area contributed by atoms with Crippen molar-refractivity contribution in [2.45, 2.75) is 58.8 Å². The predicted octanol–water partition coefficient (Wildman–Crippen LogP) is 4.99. The van der Waals surface area contributed by atoms with Crippen LogP contribution in [0, 0.1) is 25.6 Å². The summed E-state index contributed by atoms with van der Waals surface area (Å²) >= 11 is 0. The first-order chi connectivity index (χ1) is 9.09. The summed E-state index contributed by atoms with van der Waals surface area (Å²) in [5.74, 6) is 0.129. The topological polar surface area (TPSA) is 17.1 Å². The Morgan fingerprint density at radius 2 is 1.47 bits per heavy atom. The van der Waals surface area contributed by atoms with Crippen LogP contribution >= 0.6 is 0 Å². The number of hydrogen-bond acceptors (Lipinski definition) is 1. The number of ketones is 1. The number of Topliss-reactive ketones (excluding diaryl/α,β-unsaturated/α-hetero) is 1. The molecule has 0 unspecified atom stereocenters. The van der Waals surface area contributed by atoms with Crippen LogP contribution in [0.3, 0.4) is 0 Å². The largest absolute Gasteiger partial charge is 0.294 e. The summed E-state index contributed by atoms with van der Waals surface area (Å²) in [5, 5.41) is 0. The first-order valence-corrected chi connectivity index (χ1v) is 7.40. The van der Waals surface area contributed by atoms with E-state index in [1.54, 1.807) is 0 Å². The molecule has 0 N–H and O–H groups in total. The molecule has 1 aliphatic rings. The number of rotatable bonds is 2. The maximum Gasteiger partial charge on any atom is 0.166 e. The molecule has 2 heteroatoms. The fourth-order valence-corrected chi connectivity index (χ4v) is 3.22. The summed E-state index contributed by atoms with van der Waals surface area (Å²) in [6.07, 6.45) is 8.07. The highest BCUT2D eigenvalue weighted by molar-refractivity contribution is 6.00. The molecule has 1 nitrogen and oxygen atoms in total. The molecule has 0 bridgehead atoms. The molecule has 1 aliphatic carbocycles. The van der Waals surface area contributed by atoms with E-state index in [4.69, 9.17) is 0 Å². The third kappa shape index (κ3) is 3.43. The van der Waals surface area contributed by atoms with E-state index in [2.05, 4.69) is 0 Å². The fourth-order valence-electron chi connectivity index (χ4n) is 3.22. The lowest BCUT2D eigenvalue weighted by atomic mass is 9.83. The van der Waals surface area contributed by atoms with Gasteiger partial charge in [-0.15, -0.1) is 0 Å². The minimum atomic E-state index is -0.246. The maximum absolute atomic E-state index is 13.3. The van der Waals surface area contributed by atoms with Gasteiger partial charge in [-0.2, -0.15) is 0 Å². The van der Waals surface area contributed by atoms with Gasteiger partial charge in [0, 0.05) is 11.5 Å². The van der Waals surface area contributed by atoms with Gasteiger partial charge in [-0.1, -0.05) is 32.1 Å². The molecule has 0 heterocycles. The monoisotopic (exact) mass is 262 g/mol. The zero-order valence-electron chi connectivity index (χ0n) is 12.0. The molecule has 0 aliphatic heterocycles. The summed E-state index contributed by atoms with van der Waals surface area (Å²) in [4.78, 5) is 12.7. The molecule has 1 aromatic rings. The summed E-state index contributed by atoms with van der Waals surface area (Å²) in [5.41, 5.74) is 2.32. The zero-order chi connectivity index (χ0) is 13.8. The lowest BCUT2D eigenvalue weighted by Gasteiger charge is -2.20. The highest BCUT2D eigenvalue weighted by Gasteiger charge is 2.23. The van der Waals surface area contributed by atoms with E-state index in [1.165, 1.54) is 31.4 Å². The average Bonchev–Trinajstić information content (AvgIpc) is 2.26. The third-order valence-corrected chi connectivity index (χ3v) is 4.22. The van der Waals surface area contributed by atoms with Crippen molar-refractivity contribution in [2.75, 3.05) is 0 Å². The van der Waals surface area contributed by atoms with E-state index in [1.807, 2.05) is 13.8 Å². The number of halogens is 1. The molecule has 104 valence electrons. The van der Waals surface area contributed by atoms with Crippen LogP contribution in [0.1, 0.15) is 66.4 Å². The highest BCUT2D eigenvalue weighted by Crippen LogP contribution is 2.28. The van der Waals surface area contributed by atoms with E-state index in [9.17, 15) is 9.18 Å². The van der Waals surface area contributed by atoms with E-state index in [-0.39, 0.29) is 17.5 Å². The van der Waals surface area contributed by atoms with Crippen molar-refractivity contribution < 1.29 is 9.18 Å². The second-order valence-corrected chi connectivity index (χ2v) is 5.82. The van der Waals surface area contributed by atoms with Crippen LogP contribution < -0.4 is 0 Å². The SMILES string of the molecule is Cc1cc(F)cc(C)c1C(=O)C1CCCCCCC1. The molecular formula is C17H23FO. The smallest absolute Gasteiger partial charge is 0.166 e. The standard InChI is InChI=1S/C17H23FO/c1-12-10-15(18)11-13(2)16(12)17(19)14-8-6-4-3-5-7-9-14/h10-11,14H,3-9H2,1-2H3. The van der Waals surface area contributed by atoms with Crippen molar-refractivity contribution in [3.8, 4) is 0 Å². The van der Waals surface area contributed by atoms with Gasteiger partial charge in [-0.25, -0.2) is 4.39 Å². The molecular weight excluding hydrogens is 239 g/mol. The second-order valence-electron chi connectivity index (χ2n) is 5.82. The molecule has 1 fully saturated rings. The first kappa shape index (κ1) is 14.2. The van der Waals surface area contributed by atoms with Crippen LogP contribution in [-0.4, -0.2) is 5.78 Å². The summed E-state index contributed by atoms with van der Waals surface area (Å²) < 4.78 is 13.3. The van der Waals surface area contributed by atoms with Gasteiger partial charge in [0.15, 0.2) is 5.78 Å². The van der Waals surface area contributed by atoms with Gasteiger partial charge in [-0.3, -0.25) is 4.79 Å². The number of carbonyl (C=O) groups is 1. The molecule has 0 radical (unpaired) electrons. The predicted molar refractivity (Wildman–Crippen MR) is 76.0 cm³/mol. The zero-order valence-corrected chi connectivity index (χ0v) is 12.0. The van der Waals surface area contributed by atoms with Crippen molar-refractivity contribution >= 4 is 5.78 Å². The number of aryl methyl sites for hydroxylation is 2.